The Labute approximate surface area is 148 Å². The minimum absolute atomic E-state index is 0.935. The number of benzene rings is 2. The van der Waals surface area contributed by atoms with Gasteiger partial charge in [-0.3, -0.25) is 4.90 Å². The summed E-state index contributed by atoms with van der Waals surface area (Å²) in [5.74, 6) is 0.935. The lowest BCUT2D eigenvalue weighted by Gasteiger charge is -2.20. The minimum atomic E-state index is 0.935. The van der Waals surface area contributed by atoms with Crippen molar-refractivity contribution < 1.29 is 4.42 Å². The van der Waals surface area contributed by atoms with Gasteiger partial charge in [-0.2, -0.15) is 0 Å². The van der Waals surface area contributed by atoms with Gasteiger partial charge in [0.2, 0.25) is 5.36 Å². The van der Waals surface area contributed by atoms with Crippen molar-refractivity contribution in [2.24, 2.45) is 0 Å². The fourth-order valence-corrected chi connectivity index (χ4v) is 3.45. The number of rotatable bonds is 1. The molecule has 3 aromatic rings. The molecule has 1 aliphatic rings. The summed E-state index contributed by atoms with van der Waals surface area (Å²) >= 11 is 0. The molecule has 1 fully saturated rings. The molecular formula is C22H25N2O+. The van der Waals surface area contributed by atoms with E-state index in [2.05, 4.69) is 78.9 Å². The summed E-state index contributed by atoms with van der Waals surface area (Å²) in [6.07, 6.45) is 0. The molecule has 1 saturated heterocycles. The maximum absolute atomic E-state index is 6.26. The maximum atomic E-state index is 6.26. The van der Waals surface area contributed by atoms with Gasteiger partial charge >= 0.3 is 0 Å². The van der Waals surface area contributed by atoms with Gasteiger partial charge in [0.05, 0.1) is 24.5 Å². The van der Waals surface area contributed by atoms with Gasteiger partial charge in [0.1, 0.15) is 11.3 Å². The van der Waals surface area contributed by atoms with E-state index in [1.54, 1.807) is 0 Å². The van der Waals surface area contributed by atoms with Gasteiger partial charge < -0.3 is 4.42 Å². The van der Waals surface area contributed by atoms with Gasteiger partial charge in [-0.05, 0) is 33.0 Å². The van der Waals surface area contributed by atoms with Crippen molar-refractivity contribution in [3.63, 3.8) is 0 Å². The van der Waals surface area contributed by atoms with Crippen molar-refractivity contribution in [3.8, 4) is 11.3 Å². The Hall–Kier alpha value is -2.39. The fourth-order valence-electron chi connectivity index (χ4n) is 3.45. The Morgan fingerprint density at radius 2 is 1.56 bits per heavy atom. The van der Waals surface area contributed by atoms with Crippen LogP contribution >= 0.6 is 0 Å². The lowest BCUT2D eigenvalue weighted by Crippen LogP contribution is -2.46. The molecule has 128 valence electrons. The van der Waals surface area contributed by atoms with Crippen molar-refractivity contribution in [1.82, 2.24) is 9.48 Å². The van der Waals surface area contributed by atoms with E-state index in [1.807, 2.05) is 0 Å². The molecule has 1 aliphatic heterocycles. The van der Waals surface area contributed by atoms with Crippen LogP contribution in [-0.2, 0) is 0 Å². The van der Waals surface area contributed by atoms with Gasteiger partial charge in [0, 0.05) is 5.56 Å². The van der Waals surface area contributed by atoms with Crippen molar-refractivity contribution in [1.29, 1.82) is 0 Å². The third kappa shape index (κ3) is 3.24. The average Bonchev–Trinajstić information content (AvgIpc) is 2.62. The maximum Gasteiger partial charge on any atom is 0.214 e. The van der Waals surface area contributed by atoms with E-state index in [0.29, 0.717) is 0 Å². The second-order valence-corrected chi connectivity index (χ2v) is 7.15. The summed E-state index contributed by atoms with van der Waals surface area (Å²) in [7, 11) is 2.19. The highest BCUT2D eigenvalue weighted by atomic mass is 16.3. The van der Waals surface area contributed by atoms with Crippen LogP contribution < -0.4 is 9.93 Å². The monoisotopic (exact) mass is 333 g/mol. The quantitative estimate of drug-likeness (QED) is 0.636. The molecule has 0 aliphatic carbocycles. The van der Waals surface area contributed by atoms with Crippen LogP contribution in [0.3, 0.4) is 0 Å². The van der Waals surface area contributed by atoms with E-state index >= 15 is 0 Å². The topological polar surface area (TPSA) is 19.4 Å². The zero-order chi connectivity index (χ0) is 17.4. The Kier molecular flexibility index (Phi) is 4.18. The molecule has 3 heteroatoms. The first-order valence-electron chi connectivity index (χ1n) is 8.98. The van der Waals surface area contributed by atoms with Crippen LogP contribution in [0.5, 0.6) is 0 Å². The lowest BCUT2D eigenvalue weighted by molar-refractivity contribution is 0.267. The van der Waals surface area contributed by atoms with Crippen LogP contribution in [0.25, 0.3) is 22.3 Å². The molecule has 0 N–H and O–H groups in total. The molecule has 2 aromatic carbocycles. The smallest absolute Gasteiger partial charge is 0.214 e. The second kappa shape index (κ2) is 6.49. The SMILES string of the molecule is Cc1ccc(-c2cc(=[N+]3CCN(C)CC3)c3cc(C)ccc3o2)cc1. The first-order chi connectivity index (χ1) is 12.1. The van der Waals surface area contributed by atoms with Crippen LogP contribution in [0.15, 0.2) is 52.9 Å². The van der Waals surface area contributed by atoms with Crippen molar-refractivity contribution >= 4 is 11.0 Å². The number of aryl methyl sites for hydroxylation is 2. The Morgan fingerprint density at radius 1 is 0.880 bits per heavy atom. The Balaban J connectivity index is 1.97. The number of hydrogen-bond donors (Lipinski definition) is 0. The summed E-state index contributed by atoms with van der Waals surface area (Å²) in [4.78, 5) is 2.39. The standard InChI is InChI=1S/C22H25N2O/c1-16-4-7-18(8-5-16)22-15-20(24-12-10-23(3)11-13-24)19-14-17(2)6-9-21(19)25-22/h4-9,14-15H,10-13H2,1-3H3/q+1. The largest absolute Gasteiger partial charge is 0.456 e. The molecule has 3 nitrogen and oxygen atoms in total. The van der Waals surface area contributed by atoms with E-state index in [9.17, 15) is 0 Å². The van der Waals surface area contributed by atoms with E-state index < -0.39 is 0 Å². The molecule has 0 spiro atoms. The highest BCUT2D eigenvalue weighted by molar-refractivity contribution is 5.79. The lowest BCUT2D eigenvalue weighted by atomic mass is 10.1. The van der Waals surface area contributed by atoms with E-state index in [4.69, 9.17) is 4.42 Å². The van der Waals surface area contributed by atoms with Crippen LogP contribution in [0, 0.1) is 13.8 Å². The zero-order valence-electron chi connectivity index (χ0n) is 15.2. The van der Waals surface area contributed by atoms with Crippen molar-refractivity contribution in [3.05, 3.63) is 65.0 Å². The van der Waals surface area contributed by atoms with E-state index in [0.717, 1.165) is 43.1 Å². The van der Waals surface area contributed by atoms with Gasteiger partial charge in [0.15, 0.2) is 13.1 Å². The average molecular weight is 333 g/mol. The number of fused-ring (bicyclic) bond motifs is 1. The van der Waals surface area contributed by atoms with Crippen LogP contribution in [0.4, 0.5) is 0 Å². The number of hydrogen-bond acceptors (Lipinski definition) is 2. The molecule has 2 heterocycles. The van der Waals surface area contributed by atoms with Crippen molar-refractivity contribution in [2.75, 3.05) is 33.2 Å². The van der Waals surface area contributed by atoms with Gasteiger partial charge in [-0.15, -0.1) is 0 Å². The van der Waals surface area contributed by atoms with Crippen molar-refractivity contribution in [2.45, 2.75) is 13.8 Å². The summed E-state index contributed by atoms with van der Waals surface area (Å²) < 4.78 is 8.75. The van der Waals surface area contributed by atoms with Crippen LogP contribution in [0.2, 0.25) is 0 Å². The van der Waals surface area contributed by atoms with E-state index in [1.165, 1.54) is 21.9 Å². The summed E-state index contributed by atoms with van der Waals surface area (Å²) in [5, 5.41) is 2.49. The zero-order valence-corrected chi connectivity index (χ0v) is 15.2. The number of likely N-dealkylation sites (N-methyl/N-ethyl adjacent to an activating group) is 1. The van der Waals surface area contributed by atoms with Gasteiger partial charge in [-0.1, -0.05) is 41.5 Å². The second-order valence-electron chi connectivity index (χ2n) is 7.15. The normalized spacial score (nSPS) is 15.7. The highest BCUT2D eigenvalue weighted by Crippen LogP contribution is 2.23. The molecule has 0 radical (unpaired) electrons. The van der Waals surface area contributed by atoms with Crippen LogP contribution in [0.1, 0.15) is 11.1 Å². The number of nitrogens with zero attached hydrogens (tertiary/aromatic N) is 2. The summed E-state index contributed by atoms with van der Waals surface area (Å²) in [5.41, 5.74) is 4.61. The summed E-state index contributed by atoms with van der Waals surface area (Å²) in [6, 6.07) is 17.2. The van der Waals surface area contributed by atoms with Gasteiger partial charge in [0.25, 0.3) is 0 Å². The first kappa shape index (κ1) is 16.1. The molecule has 0 atom stereocenters. The first-order valence-corrected chi connectivity index (χ1v) is 8.98. The predicted molar refractivity (Wildman–Crippen MR) is 104 cm³/mol. The molecule has 0 amide bonds. The molecule has 1 aromatic heterocycles. The Morgan fingerprint density at radius 3 is 2.28 bits per heavy atom. The summed E-state index contributed by atoms with van der Waals surface area (Å²) in [6.45, 7) is 8.55. The van der Waals surface area contributed by atoms with E-state index in [-0.39, 0.29) is 0 Å². The molecule has 0 bridgehead atoms. The third-order valence-corrected chi connectivity index (χ3v) is 5.08. The molecule has 0 saturated carbocycles. The Bertz CT molecular complexity index is 973. The molecule has 25 heavy (non-hydrogen) atoms. The predicted octanol–water partition coefficient (Wildman–Crippen LogP) is 3.43. The molecule has 0 unspecified atom stereocenters. The third-order valence-electron chi connectivity index (χ3n) is 5.08. The number of piperazine rings is 1. The molecule has 4 rings (SSSR count). The molecular weight excluding hydrogens is 308 g/mol. The highest BCUT2D eigenvalue weighted by Gasteiger charge is 2.18. The minimum Gasteiger partial charge on any atom is -0.456 e. The fraction of sp³-hybridized carbons (Fsp3) is 0.318. The van der Waals surface area contributed by atoms with Gasteiger partial charge in [-0.25, -0.2) is 4.58 Å². The van der Waals surface area contributed by atoms with Crippen LogP contribution in [-0.4, -0.2) is 38.1 Å².